The Morgan fingerprint density at radius 2 is 1.78 bits per heavy atom. The predicted octanol–water partition coefficient (Wildman–Crippen LogP) is 4.90. The molecule has 0 radical (unpaired) electrons. The van der Waals surface area contributed by atoms with Crippen LogP contribution >= 0.6 is 0 Å². The van der Waals surface area contributed by atoms with Crippen molar-refractivity contribution in [2.75, 3.05) is 0 Å². The minimum Gasteiger partial charge on any atom is -0.624 e. The van der Waals surface area contributed by atoms with Crippen molar-refractivity contribution in [2.24, 2.45) is 0 Å². The van der Waals surface area contributed by atoms with Crippen molar-refractivity contribution in [3.05, 3.63) is 77.3 Å². The number of hydrogen-bond donors (Lipinski definition) is 0. The standard InChI is InChI=1S/C20H18F3N3O/c1-14(2)26(27)12-15-4-3-5-16(10-15)17-11-24-25(13-17)19-8-6-18(7-9-19)20(21,22)23/h3-14H,1-2H3/b26-12+. The van der Waals surface area contributed by atoms with Gasteiger partial charge in [-0.15, -0.1) is 0 Å². The first-order valence-electron chi connectivity index (χ1n) is 8.37. The molecule has 27 heavy (non-hydrogen) atoms. The number of rotatable bonds is 4. The molecule has 0 aliphatic heterocycles. The lowest BCUT2D eigenvalue weighted by atomic mass is 10.1. The van der Waals surface area contributed by atoms with E-state index in [4.69, 9.17) is 0 Å². The van der Waals surface area contributed by atoms with E-state index in [0.717, 1.165) is 33.6 Å². The van der Waals surface area contributed by atoms with Gasteiger partial charge in [0.2, 0.25) is 0 Å². The molecular formula is C20H18F3N3O. The summed E-state index contributed by atoms with van der Waals surface area (Å²) in [7, 11) is 0. The Bertz CT molecular complexity index is 957. The summed E-state index contributed by atoms with van der Waals surface area (Å²) in [5.74, 6) is 0. The summed E-state index contributed by atoms with van der Waals surface area (Å²) in [6.45, 7) is 3.61. The first-order valence-corrected chi connectivity index (χ1v) is 8.37. The van der Waals surface area contributed by atoms with Crippen LogP contribution in [0, 0.1) is 5.21 Å². The van der Waals surface area contributed by atoms with Crippen molar-refractivity contribution in [3.63, 3.8) is 0 Å². The molecule has 7 heteroatoms. The number of alkyl halides is 3. The molecule has 0 spiro atoms. The van der Waals surface area contributed by atoms with Gasteiger partial charge < -0.3 is 5.21 Å². The van der Waals surface area contributed by atoms with E-state index < -0.39 is 11.7 Å². The molecule has 0 fully saturated rings. The summed E-state index contributed by atoms with van der Waals surface area (Å²) in [5, 5.41) is 16.0. The van der Waals surface area contributed by atoms with E-state index in [-0.39, 0.29) is 6.04 Å². The highest BCUT2D eigenvalue weighted by molar-refractivity contribution is 5.79. The summed E-state index contributed by atoms with van der Waals surface area (Å²) in [5.41, 5.74) is 2.25. The van der Waals surface area contributed by atoms with Crippen LogP contribution < -0.4 is 0 Å². The lowest BCUT2D eigenvalue weighted by molar-refractivity contribution is -0.487. The van der Waals surface area contributed by atoms with Gasteiger partial charge in [-0.1, -0.05) is 12.1 Å². The maximum absolute atomic E-state index is 12.7. The van der Waals surface area contributed by atoms with Crippen molar-refractivity contribution < 1.29 is 17.9 Å². The summed E-state index contributed by atoms with van der Waals surface area (Å²) in [6.07, 6.45) is 0.526. The Morgan fingerprint density at radius 1 is 1.07 bits per heavy atom. The van der Waals surface area contributed by atoms with Crippen LogP contribution in [-0.4, -0.2) is 26.8 Å². The van der Waals surface area contributed by atoms with Crippen molar-refractivity contribution >= 4 is 6.21 Å². The van der Waals surface area contributed by atoms with E-state index >= 15 is 0 Å². The Balaban J connectivity index is 1.87. The number of halogens is 3. The van der Waals surface area contributed by atoms with Gasteiger partial charge in [-0.25, -0.2) is 9.42 Å². The summed E-state index contributed by atoms with van der Waals surface area (Å²) < 4.78 is 40.4. The third-order valence-corrected chi connectivity index (χ3v) is 4.05. The van der Waals surface area contributed by atoms with E-state index in [2.05, 4.69) is 5.10 Å². The minimum absolute atomic E-state index is 0.156. The van der Waals surface area contributed by atoms with Crippen molar-refractivity contribution in [1.82, 2.24) is 9.78 Å². The molecule has 0 N–H and O–H groups in total. The molecule has 140 valence electrons. The summed E-state index contributed by atoms with van der Waals surface area (Å²) in [6, 6.07) is 12.1. The fraction of sp³-hybridized carbons (Fsp3) is 0.200. The quantitative estimate of drug-likeness (QED) is 0.283. The van der Waals surface area contributed by atoms with Gasteiger partial charge in [0.15, 0.2) is 12.3 Å². The SMILES string of the molecule is CC(C)/[N+]([O-])=C\c1cccc(-c2cnn(-c3ccc(C(F)(F)F)cc3)c2)c1. The molecule has 0 bridgehead atoms. The van der Waals surface area contributed by atoms with E-state index in [9.17, 15) is 18.4 Å². The topological polar surface area (TPSA) is 43.9 Å². The molecule has 1 heterocycles. The molecule has 4 nitrogen and oxygen atoms in total. The number of hydrogen-bond acceptors (Lipinski definition) is 2. The van der Waals surface area contributed by atoms with Gasteiger partial charge in [-0.05, 0) is 55.8 Å². The van der Waals surface area contributed by atoms with Crippen LogP contribution in [0.15, 0.2) is 60.9 Å². The van der Waals surface area contributed by atoms with Crippen LogP contribution in [0.4, 0.5) is 13.2 Å². The second-order valence-corrected chi connectivity index (χ2v) is 6.43. The second kappa shape index (κ2) is 7.26. The van der Waals surface area contributed by atoms with Crippen LogP contribution in [0.1, 0.15) is 25.0 Å². The smallest absolute Gasteiger partial charge is 0.416 e. The van der Waals surface area contributed by atoms with Crippen LogP contribution in [0.3, 0.4) is 0 Å². The number of aromatic nitrogens is 2. The second-order valence-electron chi connectivity index (χ2n) is 6.43. The molecule has 3 rings (SSSR count). The highest BCUT2D eigenvalue weighted by Crippen LogP contribution is 2.29. The highest BCUT2D eigenvalue weighted by Gasteiger charge is 2.30. The van der Waals surface area contributed by atoms with Crippen molar-refractivity contribution in [3.8, 4) is 16.8 Å². The van der Waals surface area contributed by atoms with Crippen LogP contribution in [0.2, 0.25) is 0 Å². The number of hydroxylamine groups is 1. The zero-order valence-electron chi connectivity index (χ0n) is 14.8. The number of nitrogens with zero attached hydrogens (tertiary/aromatic N) is 3. The monoisotopic (exact) mass is 373 g/mol. The third kappa shape index (κ3) is 4.36. The first kappa shape index (κ1) is 18.7. The van der Waals surface area contributed by atoms with E-state index in [0.29, 0.717) is 5.69 Å². The van der Waals surface area contributed by atoms with Gasteiger partial charge in [0, 0.05) is 17.3 Å². The zero-order chi connectivity index (χ0) is 19.6. The molecular weight excluding hydrogens is 355 g/mol. The van der Waals surface area contributed by atoms with Crippen molar-refractivity contribution in [1.29, 1.82) is 0 Å². The van der Waals surface area contributed by atoms with Gasteiger partial charge >= 0.3 is 6.18 Å². The summed E-state index contributed by atoms with van der Waals surface area (Å²) >= 11 is 0. The van der Waals surface area contributed by atoms with Gasteiger partial charge in [0.1, 0.15) is 0 Å². The first-order chi connectivity index (χ1) is 12.7. The maximum Gasteiger partial charge on any atom is 0.416 e. The predicted molar refractivity (Wildman–Crippen MR) is 97.9 cm³/mol. The molecule has 2 aromatic carbocycles. The van der Waals surface area contributed by atoms with Gasteiger partial charge in [0.25, 0.3) is 0 Å². The van der Waals surface area contributed by atoms with Crippen LogP contribution in [0.25, 0.3) is 16.8 Å². The lowest BCUT2D eigenvalue weighted by Crippen LogP contribution is -2.14. The van der Waals surface area contributed by atoms with Gasteiger partial charge in [0.05, 0.1) is 17.4 Å². The summed E-state index contributed by atoms with van der Waals surface area (Å²) in [4.78, 5) is 0. The van der Waals surface area contributed by atoms with Gasteiger partial charge in [-0.2, -0.15) is 18.3 Å². The molecule has 0 aliphatic carbocycles. The molecule has 0 saturated carbocycles. The molecule has 0 aliphatic rings. The third-order valence-electron chi connectivity index (χ3n) is 4.05. The van der Waals surface area contributed by atoms with Crippen LogP contribution in [0.5, 0.6) is 0 Å². The normalized spacial score (nSPS) is 12.6. The Kier molecular flexibility index (Phi) is 5.03. The molecule has 0 unspecified atom stereocenters. The highest BCUT2D eigenvalue weighted by atomic mass is 19.4. The fourth-order valence-corrected chi connectivity index (χ4v) is 2.51. The van der Waals surface area contributed by atoms with E-state index in [1.165, 1.54) is 23.0 Å². The Labute approximate surface area is 154 Å². The molecule has 3 aromatic rings. The average Bonchev–Trinajstić information content (AvgIpc) is 3.11. The fourth-order valence-electron chi connectivity index (χ4n) is 2.51. The number of benzene rings is 2. The zero-order valence-corrected chi connectivity index (χ0v) is 14.8. The molecule has 1 aromatic heterocycles. The Morgan fingerprint density at radius 3 is 2.41 bits per heavy atom. The van der Waals surface area contributed by atoms with E-state index in [1.54, 1.807) is 26.2 Å². The lowest BCUT2D eigenvalue weighted by Gasteiger charge is -2.08. The largest absolute Gasteiger partial charge is 0.624 e. The van der Waals surface area contributed by atoms with Crippen molar-refractivity contribution in [2.45, 2.75) is 26.1 Å². The van der Waals surface area contributed by atoms with Crippen LogP contribution in [-0.2, 0) is 6.18 Å². The molecule has 0 atom stereocenters. The Hall–Kier alpha value is -3.09. The van der Waals surface area contributed by atoms with E-state index in [1.807, 2.05) is 24.3 Å². The maximum atomic E-state index is 12.7. The minimum atomic E-state index is -4.36. The molecule has 0 saturated heterocycles. The molecule has 0 amide bonds. The average molecular weight is 373 g/mol. The van der Waals surface area contributed by atoms with Gasteiger partial charge in [-0.3, -0.25) is 0 Å².